The smallest absolute Gasteiger partial charge is 0.343 e. The quantitative estimate of drug-likeness (QED) is 0.189. The number of hydrogen-bond donors (Lipinski definition) is 0. The molecule has 0 atom stereocenters. The zero-order chi connectivity index (χ0) is 25.7. The average molecular weight is 492 g/mol. The maximum atomic E-state index is 14.8. The van der Waals surface area contributed by atoms with Crippen LogP contribution >= 0.6 is 0 Å². The van der Waals surface area contributed by atoms with Crippen molar-refractivity contribution < 1.29 is 32.2 Å². The Bertz CT molecular complexity index is 1370. The van der Waals surface area contributed by atoms with E-state index < -0.39 is 29.2 Å². The maximum absolute atomic E-state index is 14.8. The van der Waals surface area contributed by atoms with Crippen LogP contribution in [-0.2, 0) is 0 Å². The van der Waals surface area contributed by atoms with Gasteiger partial charge in [-0.25, -0.2) is 13.6 Å². The van der Waals surface area contributed by atoms with Crippen LogP contribution in [0.5, 0.6) is 17.2 Å². The Balaban J connectivity index is 1.49. The highest BCUT2D eigenvalue weighted by Gasteiger charge is 2.19. The first-order valence-corrected chi connectivity index (χ1v) is 11.4. The van der Waals surface area contributed by atoms with Gasteiger partial charge < -0.3 is 14.2 Å². The number of benzene rings is 4. The Morgan fingerprint density at radius 1 is 0.667 bits per heavy atom. The predicted molar refractivity (Wildman–Crippen MR) is 131 cm³/mol. The van der Waals surface area contributed by atoms with Gasteiger partial charge in [-0.15, -0.1) is 0 Å². The molecule has 0 radical (unpaired) electrons. The fraction of sp³-hybridized carbons (Fsp3) is 0.138. The van der Waals surface area contributed by atoms with Crippen molar-refractivity contribution in [1.29, 1.82) is 0 Å². The molecule has 7 heteroatoms. The van der Waals surface area contributed by atoms with Crippen LogP contribution < -0.4 is 14.2 Å². The molecule has 0 fully saturated rings. The number of carbonyl (C=O) groups is 1. The number of hydrogen-bond acceptors (Lipinski definition) is 4. The van der Waals surface area contributed by atoms with Gasteiger partial charge in [0.15, 0.2) is 23.1 Å². The van der Waals surface area contributed by atoms with Gasteiger partial charge in [0.1, 0.15) is 5.75 Å². The maximum Gasteiger partial charge on any atom is 0.343 e. The summed E-state index contributed by atoms with van der Waals surface area (Å²) in [7, 11) is 0. The van der Waals surface area contributed by atoms with E-state index in [2.05, 4.69) is 0 Å². The number of esters is 1. The summed E-state index contributed by atoms with van der Waals surface area (Å²) in [6.45, 7) is 4.45. The van der Waals surface area contributed by atoms with Crippen LogP contribution in [-0.4, -0.2) is 19.2 Å². The van der Waals surface area contributed by atoms with Crippen molar-refractivity contribution in [2.45, 2.75) is 13.8 Å². The lowest BCUT2D eigenvalue weighted by Crippen LogP contribution is -2.10. The number of rotatable bonds is 8. The first kappa shape index (κ1) is 24.9. The van der Waals surface area contributed by atoms with E-state index >= 15 is 0 Å². The Hall–Kier alpha value is -4.26. The largest absolute Gasteiger partial charge is 0.494 e. The summed E-state index contributed by atoms with van der Waals surface area (Å²) in [5, 5.41) is 0. The molecular formula is C29H23F3O4. The highest BCUT2D eigenvalue weighted by atomic mass is 19.2. The van der Waals surface area contributed by atoms with Gasteiger partial charge in [-0.3, -0.25) is 0 Å². The summed E-state index contributed by atoms with van der Waals surface area (Å²) in [5.74, 6) is -3.50. The van der Waals surface area contributed by atoms with Gasteiger partial charge in [0.05, 0.1) is 18.8 Å². The second kappa shape index (κ2) is 11.0. The minimum absolute atomic E-state index is 0.0299. The fourth-order valence-electron chi connectivity index (χ4n) is 3.64. The van der Waals surface area contributed by atoms with Crippen LogP contribution in [0.25, 0.3) is 22.3 Å². The van der Waals surface area contributed by atoms with Crippen molar-refractivity contribution in [1.82, 2.24) is 0 Å². The van der Waals surface area contributed by atoms with Crippen LogP contribution in [0.15, 0.2) is 78.9 Å². The van der Waals surface area contributed by atoms with E-state index in [4.69, 9.17) is 14.2 Å². The van der Waals surface area contributed by atoms with Gasteiger partial charge in [0, 0.05) is 5.56 Å². The van der Waals surface area contributed by atoms with Crippen LogP contribution in [0.4, 0.5) is 13.2 Å². The minimum Gasteiger partial charge on any atom is -0.494 e. The zero-order valence-electron chi connectivity index (χ0n) is 19.7. The van der Waals surface area contributed by atoms with Crippen molar-refractivity contribution in [3.63, 3.8) is 0 Å². The van der Waals surface area contributed by atoms with Crippen molar-refractivity contribution in [3.8, 4) is 39.5 Å². The van der Waals surface area contributed by atoms with Crippen LogP contribution in [0.3, 0.4) is 0 Å². The molecule has 4 aromatic carbocycles. The Kier molecular flexibility index (Phi) is 7.59. The third-order valence-electron chi connectivity index (χ3n) is 5.41. The zero-order valence-corrected chi connectivity index (χ0v) is 19.7. The molecule has 36 heavy (non-hydrogen) atoms. The van der Waals surface area contributed by atoms with E-state index in [0.717, 1.165) is 0 Å². The van der Waals surface area contributed by atoms with Gasteiger partial charge in [0.25, 0.3) is 0 Å². The molecule has 0 aliphatic heterocycles. The molecule has 0 saturated carbocycles. The van der Waals surface area contributed by atoms with Crippen LogP contribution in [0, 0.1) is 17.5 Å². The lowest BCUT2D eigenvalue weighted by molar-refractivity contribution is 0.0726. The first-order valence-electron chi connectivity index (χ1n) is 11.4. The lowest BCUT2D eigenvalue weighted by Gasteiger charge is -2.11. The summed E-state index contributed by atoms with van der Waals surface area (Å²) in [6.07, 6.45) is 0. The molecule has 0 unspecified atom stereocenters. The lowest BCUT2D eigenvalue weighted by atomic mass is 10.0. The molecule has 4 rings (SSSR count). The number of carbonyl (C=O) groups excluding carboxylic acids is 1. The fourth-order valence-corrected chi connectivity index (χ4v) is 3.64. The highest BCUT2D eigenvalue weighted by molar-refractivity contribution is 5.91. The van der Waals surface area contributed by atoms with E-state index in [-0.39, 0.29) is 16.9 Å². The number of halogens is 3. The average Bonchev–Trinajstić information content (AvgIpc) is 2.89. The summed E-state index contributed by atoms with van der Waals surface area (Å²) in [6, 6.07) is 19.8. The molecule has 0 N–H and O–H groups in total. The summed E-state index contributed by atoms with van der Waals surface area (Å²) >= 11 is 0. The normalized spacial score (nSPS) is 10.7. The SMILES string of the molecule is CCOc1ccc(-c2ccc(OC(=O)c3ccc(-c4ccc(OCC)c(F)c4)cc3)c(F)c2F)cc1. The Morgan fingerprint density at radius 3 is 1.92 bits per heavy atom. The van der Waals surface area contributed by atoms with E-state index in [1.165, 1.54) is 36.4 Å². The third-order valence-corrected chi connectivity index (χ3v) is 5.41. The molecule has 0 aliphatic carbocycles. The van der Waals surface area contributed by atoms with Gasteiger partial charge in [-0.2, -0.15) is 4.39 Å². The summed E-state index contributed by atoms with van der Waals surface area (Å²) in [4.78, 5) is 12.5. The Labute approximate surface area is 206 Å². The van der Waals surface area contributed by atoms with Crippen molar-refractivity contribution >= 4 is 5.97 Å². The molecule has 4 aromatic rings. The molecule has 184 valence electrons. The molecular weight excluding hydrogens is 469 g/mol. The first-order chi connectivity index (χ1) is 17.4. The second-order valence-electron chi connectivity index (χ2n) is 7.74. The van der Waals surface area contributed by atoms with Crippen molar-refractivity contribution in [2.24, 2.45) is 0 Å². The van der Waals surface area contributed by atoms with Crippen LogP contribution in [0.2, 0.25) is 0 Å². The molecule has 0 amide bonds. The van der Waals surface area contributed by atoms with Gasteiger partial charge in [-0.05, 0) is 79.1 Å². The molecule has 0 saturated heterocycles. The molecule has 0 spiro atoms. The van der Waals surface area contributed by atoms with E-state index in [9.17, 15) is 18.0 Å². The standard InChI is InChI=1S/C29H23F3O4/c1-3-34-22-12-9-19(10-13-22)23-14-16-26(28(32)27(23)31)36-29(33)20-7-5-18(6-8-20)21-11-15-25(35-4-2)24(30)17-21/h5-17H,3-4H2,1-2H3. The topological polar surface area (TPSA) is 44.8 Å². The molecule has 0 heterocycles. The van der Waals surface area contributed by atoms with E-state index in [0.29, 0.717) is 35.7 Å². The molecule has 0 aromatic heterocycles. The highest BCUT2D eigenvalue weighted by Crippen LogP contribution is 2.32. The summed E-state index contributed by atoms with van der Waals surface area (Å²) in [5.41, 5.74) is 1.86. The summed E-state index contributed by atoms with van der Waals surface area (Å²) < 4.78 is 59.3. The molecule has 0 bridgehead atoms. The van der Waals surface area contributed by atoms with Crippen molar-refractivity contribution in [2.75, 3.05) is 13.2 Å². The minimum atomic E-state index is -1.27. The van der Waals surface area contributed by atoms with Crippen molar-refractivity contribution in [3.05, 3.63) is 102 Å². The third kappa shape index (κ3) is 5.35. The van der Waals surface area contributed by atoms with Gasteiger partial charge >= 0.3 is 5.97 Å². The van der Waals surface area contributed by atoms with E-state index in [1.54, 1.807) is 49.4 Å². The van der Waals surface area contributed by atoms with Gasteiger partial charge in [-0.1, -0.05) is 30.3 Å². The van der Waals surface area contributed by atoms with E-state index in [1.807, 2.05) is 6.92 Å². The van der Waals surface area contributed by atoms with Crippen LogP contribution in [0.1, 0.15) is 24.2 Å². The molecule has 4 nitrogen and oxygen atoms in total. The predicted octanol–water partition coefficient (Wildman–Crippen LogP) is 7.45. The Morgan fingerprint density at radius 2 is 1.28 bits per heavy atom. The number of ether oxygens (including phenoxy) is 3. The second-order valence-corrected chi connectivity index (χ2v) is 7.74. The molecule has 0 aliphatic rings. The van der Waals surface area contributed by atoms with Gasteiger partial charge in [0.2, 0.25) is 5.82 Å². The monoisotopic (exact) mass is 492 g/mol.